The number of nitrogens with zero attached hydrogens (tertiary/aromatic N) is 5. The molecule has 0 aliphatic heterocycles. The standard InChI is InChI=1S/C21H18F3N7O2/c1-11(18-29-20(26)30-31(18)17-5-2-12(9-25)10-27-17)28-19(32)15-6-14(13-3-4-13)7-16(8-15)33-21(22,23)24/h2,5-8,10-11,13H,3-4H2,1H3,(H2,26,30)(H,28,32). The van der Waals surface area contributed by atoms with E-state index in [9.17, 15) is 18.0 Å². The fourth-order valence-corrected chi connectivity index (χ4v) is 3.31. The van der Waals surface area contributed by atoms with Crippen LogP contribution in [0.5, 0.6) is 5.75 Å². The summed E-state index contributed by atoms with van der Waals surface area (Å²) in [5, 5.41) is 15.7. The Labute approximate surface area is 186 Å². The number of anilines is 1. The lowest BCUT2D eigenvalue weighted by Gasteiger charge is -2.16. The number of alkyl halides is 3. The van der Waals surface area contributed by atoms with Gasteiger partial charge in [-0.3, -0.25) is 4.79 Å². The Balaban J connectivity index is 1.59. The molecule has 1 atom stereocenters. The monoisotopic (exact) mass is 457 g/mol. The topological polar surface area (TPSA) is 132 Å². The van der Waals surface area contributed by atoms with Crippen molar-refractivity contribution in [3.63, 3.8) is 0 Å². The number of hydrogen-bond donors (Lipinski definition) is 2. The average Bonchev–Trinajstić information content (AvgIpc) is 3.54. The zero-order valence-corrected chi connectivity index (χ0v) is 17.3. The first-order chi connectivity index (χ1) is 15.6. The van der Waals surface area contributed by atoms with Crippen LogP contribution in [-0.2, 0) is 0 Å². The molecule has 33 heavy (non-hydrogen) atoms. The quantitative estimate of drug-likeness (QED) is 0.580. The SMILES string of the molecule is CC(NC(=O)c1cc(OC(F)(F)F)cc(C2CC2)c1)c1nc(N)nn1-c1ccc(C#N)cn1. The first kappa shape index (κ1) is 22.1. The highest BCUT2D eigenvalue weighted by Gasteiger charge is 2.33. The number of nitriles is 1. The third kappa shape index (κ3) is 5.20. The maximum atomic E-state index is 12.9. The van der Waals surface area contributed by atoms with Gasteiger partial charge in [0.1, 0.15) is 11.8 Å². The third-order valence-corrected chi connectivity index (χ3v) is 4.95. The van der Waals surface area contributed by atoms with E-state index in [-0.39, 0.29) is 23.3 Å². The van der Waals surface area contributed by atoms with Gasteiger partial charge in [0.2, 0.25) is 5.95 Å². The first-order valence-electron chi connectivity index (χ1n) is 9.93. The van der Waals surface area contributed by atoms with E-state index in [1.807, 2.05) is 6.07 Å². The summed E-state index contributed by atoms with van der Waals surface area (Å²) in [5.41, 5.74) is 6.72. The number of benzene rings is 1. The normalized spacial score (nSPS) is 14.4. The molecule has 0 radical (unpaired) electrons. The van der Waals surface area contributed by atoms with E-state index >= 15 is 0 Å². The summed E-state index contributed by atoms with van der Waals surface area (Å²) < 4.78 is 43.6. The van der Waals surface area contributed by atoms with E-state index in [0.717, 1.165) is 18.9 Å². The number of ether oxygens (including phenoxy) is 1. The van der Waals surface area contributed by atoms with Crippen molar-refractivity contribution in [3.05, 3.63) is 59.0 Å². The number of carbonyl (C=O) groups excluding carboxylic acids is 1. The Morgan fingerprint density at radius 2 is 2.09 bits per heavy atom. The molecule has 1 aliphatic carbocycles. The van der Waals surface area contributed by atoms with Crippen LogP contribution in [-0.4, -0.2) is 32.0 Å². The number of hydrogen-bond acceptors (Lipinski definition) is 7. The van der Waals surface area contributed by atoms with Gasteiger partial charge in [-0.25, -0.2) is 4.98 Å². The van der Waals surface area contributed by atoms with Crippen LogP contribution in [0.15, 0.2) is 36.5 Å². The molecule has 1 amide bonds. The minimum absolute atomic E-state index is 0.0287. The van der Waals surface area contributed by atoms with Crippen LogP contribution in [0.2, 0.25) is 0 Å². The second-order valence-electron chi connectivity index (χ2n) is 7.56. The number of carbonyl (C=O) groups is 1. The number of halogens is 3. The lowest BCUT2D eigenvalue weighted by Crippen LogP contribution is -2.29. The van der Waals surface area contributed by atoms with Crippen LogP contribution >= 0.6 is 0 Å². The van der Waals surface area contributed by atoms with Gasteiger partial charge in [0.05, 0.1) is 11.6 Å². The van der Waals surface area contributed by atoms with Crippen LogP contribution in [0.25, 0.3) is 5.82 Å². The molecule has 9 nitrogen and oxygen atoms in total. The van der Waals surface area contributed by atoms with Crippen molar-refractivity contribution >= 4 is 11.9 Å². The van der Waals surface area contributed by atoms with Gasteiger partial charge in [0.25, 0.3) is 5.91 Å². The molecule has 0 saturated heterocycles. The van der Waals surface area contributed by atoms with Gasteiger partial charge in [-0.15, -0.1) is 18.3 Å². The Kier molecular flexibility index (Phi) is 5.63. The smallest absolute Gasteiger partial charge is 0.406 e. The van der Waals surface area contributed by atoms with Crippen LogP contribution in [0.1, 0.15) is 59.0 Å². The Hall–Kier alpha value is -4.14. The minimum Gasteiger partial charge on any atom is -0.406 e. The largest absolute Gasteiger partial charge is 0.573 e. The lowest BCUT2D eigenvalue weighted by atomic mass is 10.1. The number of nitrogens with two attached hydrogens (primary N) is 1. The molecule has 4 rings (SSSR count). The van der Waals surface area contributed by atoms with E-state index < -0.39 is 24.1 Å². The fraction of sp³-hybridized carbons (Fsp3) is 0.286. The molecule has 2 aromatic heterocycles. The molecular weight excluding hydrogens is 439 g/mol. The Morgan fingerprint density at radius 1 is 1.33 bits per heavy atom. The molecule has 3 aromatic rings. The predicted molar refractivity (Wildman–Crippen MR) is 109 cm³/mol. The molecule has 3 N–H and O–H groups in total. The molecule has 2 heterocycles. The van der Waals surface area contributed by atoms with Gasteiger partial charge in [0.15, 0.2) is 11.6 Å². The van der Waals surface area contributed by atoms with Crippen LogP contribution in [0.3, 0.4) is 0 Å². The van der Waals surface area contributed by atoms with Gasteiger partial charge in [-0.2, -0.15) is 14.9 Å². The van der Waals surface area contributed by atoms with E-state index in [4.69, 9.17) is 11.0 Å². The summed E-state index contributed by atoms with van der Waals surface area (Å²) in [5.74, 6) is -0.434. The summed E-state index contributed by atoms with van der Waals surface area (Å²) in [4.78, 5) is 21.2. The van der Waals surface area contributed by atoms with Crippen LogP contribution in [0, 0.1) is 11.3 Å². The minimum atomic E-state index is -4.87. The third-order valence-electron chi connectivity index (χ3n) is 4.95. The van der Waals surface area contributed by atoms with Crippen molar-refractivity contribution in [3.8, 4) is 17.6 Å². The molecule has 1 saturated carbocycles. The van der Waals surface area contributed by atoms with E-state index in [2.05, 4.69) is 25.1 Å². The highest BCUT2D eigenvalue weighted by molar-refractivity contribution is 5.95. The molecule has 1 unspecified atom stereocenters. The van der Waals surface area contributed by atoms with Crippen molar-refractivity contribution in [1.29, 1.82) is 5.26 Å². The average molecular weight is 457 g/mol. The first-order valence-corrected chi connectivity index (χ1v) is 9.93. The van der Waals surface area contributed by atoms with Crippen molar-refractivity contribution in [2.75, 3.05) is 5.73 Å². The van der Waals surface area contributed by atoms with Crippen LogP contribution in [0.4, 0.5) is 19.1 Å². The molecule has 170 valence electrons. The summed E-state index contributed by atoms with van der Waals surface area (Å²) in [6, 6.07) is 8.23. The molecular formula is C21H18F3N7O2. The molecule has 1 fully saturated rings. The fourth-order valence-electron chi connectivity index (χ4n) is 3.31. The molecule has 1 aliphatic rings. The zero-order chi connectivity index (χ0) is 23.8. The van der Waals surface area contributed by atoms with Crippen LogP contribution < -0.4 is 15.8 Å². The number of nitrogens with one attached hydrogen (secondary N) is 1. The summed E-state index contributed by atoms with van der Waals surface area (Å²) >= 11 is 0. The Morgan fingerprint density at radius 3 is 2.70 bits per heavy atom. The van der Waals surface area contributed by atoms with Crippen molar-refractivity contribution in [2.24, 2.45) is 0 Å². The van der Waals surface area contributed by atoms with E-state index in [1.54, 1.807) is 25.1 Å². The van der Waals surface area contributed by atoms with E-state index in [0.29, 0.717) is 16.9 Å². The molecule has 0 bridgehead atoms. The zero-order valence-electron chi connectivity index (χ0n) is 17.3. The maximum absolute atomic E-state index is 12.9. The summed E-state index contributed by atoms with van der Waals surface area (Å²) in [6.07, 6.45) is -1.84. The van der Waals surface area contributed by atoms with Gasteiger partial charge in [-0.1, -0.05) is 0 Å². The highest BCUT2D eigenvalue weighted by Crippen LogP contribution is 2.42. The number of rotatable bonds is 6. The van der Waals surface area contributed by atoms with Crippen molar-refractivity contribution < 1.29 is 22.7 Å². The predicted octanol–water partition coefficient (Wildman–Crippen LogP) is 3.38. The summed E-state index contributed by atoms with van der Waals surface area (Å²) in [6.45, 7) is 1.62. The van der Waals surface area contributed by atoms with Gasteiger partial charge in [-0.05, 0) is 61.6 Å². The van der Waals surface area contributed by atoms with Crippen molar-refractivity contribution in [1.82, 2.24) is 25.1 Å². The number of pyridine rings is 1. The van der Waals surface area contributed by atoms with Gasteiger partial charge in [0, 0.05) is 11.8 Å². The highest BCUT2D eigenvalue weighted by atomic mass is 19.4. The second-order valence-corrected chi connectivity index (χ2v) is 7.56. The van der Waals surface area contributed by atoms with Gasteiger partial charge >= 0.3 is 6.36 Å². The maximum Gasteiger partial charge on any atom is 0.573 e. The van der Waals surface area contributed by atoms with Crippen molar-refractivity contribution in [2.45, 2.75) is 38.1 Å². The second kappa shape index (κ2) is 8.42. The van der Waals surface area contributed by atoms with E-state index in [1.165, 1.54) is 16.9 Å². The number of aromatic nitrogens is 4. The number of nitrogen functional groups attached to an aromatic ring is 1. The Bertz CT molecular complexity index is 1230. The van der Waals surface area contributed by atoms with Gasteiger partial charge < -0.3 is 15.8 Å². The lowest BCUT2D eigenvalue weighted by molar-refractivity contribution is -0.274. The summed E-state index contributed by atoms with van der Waals surface area (Å²) in [7, 11) is 0. The molecule has 12 heteroatoms. The number of amides is 1. The molecule has 1 aromatic carbocycles. The molecule has 0 spiro atoms.